The van der Waals surface area contributed by atoms with Gasteiger partial charge < -0.3 is 5.32 Å². The smallest absolute Gasteiger partial charge is 0.278 e. The van der Waals surface area contributed by atoms with Crippen LogP contribution in [0.15, 0.2) is 29.0 Å². The van der Waals surface area contributed by atoms with Crippen molar-refractivity contribution in [1.29, 1.82) is 0 Å². The van der Waals surface area contributed by atoms with Gasteiger partial charge in [0.2, 0.25) is 0 Å². The second-order valence-electron chi connectivity index (χ2n) is 4.19. The fraction of sp³-hybridized carbons (Fsp3) is 0.250. The minimum absolute atomic E-state index is 0.177. The summed E-state index contributed by atoms with van der Waals surface area (Å²) in [5.41, 5.74) is 0.301. The zero-order valence-corrected chi connectivity index (χ0v) is 12.7. The van der Waals surface area contributed by atoms with Crippen molar-refractivity contribution in [2.75, 3.05) is 5.32 Å². The van der Waals surface area contributed by atoms with Crippen LogP contribution in [-0.4, -0.2) is 20.7 Å². The first-order valence-corrected chi connectivity index (χ1v) is 6.82. The first kappa shape index (κ1) is 14.0. The van der Waals surface area contributed by atoms with E-state index in [0.717, 1.165) is 0 Å². The normalized spacial score (nSPS) is 10.8. The standard InChI is InChI=1S/C12H12BrClN4O/c1-7(2)18-6-8(13)10(17-18)12(19)16-11-9(14)4-3-5-15-11/h3-7H,1-2H3,(H,15,16,19). The summed E-state index contributed by atoms with van der Waals surface area (Å²) in [6, 6.07) is 3.53. The second-order valence-corrected chi connectivity index (χ2v) is 5.45. The van der Waals surface area contributed by atoms with Crippen LogP contribution in [0.25, 0.3) is 0 Å². The predicted molar refractivity (Wildman–Crippen MR) is 77.5 cm³/mol. The van der Waals surface area contributed by atoms with Gasteiger partial charge >= 0.3 is 0 Å². The Balaban J connectivity index is 2.23. The van der Waals surface area contributed by atoms with Gasteiger partial charge in [-0.1, -0.05) is 11.6 Å². The molecule has 2 rings (SSSR count). The van der Waals surface area contributed by atoms with E-state index in [1.807, 2.05) is 13.8 Å². The number of nitrogens with one attached hydrogen (secondary N) is 1. The number of carbonyl (C=O) groups is 1. The molecule has 1 amide bonds. The first-order valence-electron chi connectivity index (χ1n) is 5.65. The average Bonchev–Trinajstić information content (AvgIpc) is 2.74. The van der Waals surface area contributed by atoms with Crippen molar-refractivity contribution in [3.8, 4) is 0 Å². The van der Waals surface area contributed by atoms with Gasteiger partial charge in [-0.15, -0.1) is 0 Å². The van der Waals surface area contributed by atoms with Crippen molar-refractivity contribution >= 4 is 39.3 Å². The van der Waals surface area contributed by atoms with Crippen molar-refractivity contribution in [3.63, 3.8) is 0 Å². The number of amides is 1. The highest BCUT2D eigenvalue weighted by atomic mass is 79.9. The lowest BCUT2D eigenvalue weighted by Crippen LogP contribution is -2.15. The highest BCUT2D eigenvalue weighted by Gasteiger charge is 2.17. The molecule has 0 aliphatic heterocycles. The number of pyridine rings is 1. The van der Waals surface area contributed by atoms with Crippen LogP contribution in [0.4, 0.5) is 5.82 Å². The van der Waals surface area contributed by atoms with Crippen LogP contribution in [0.3, 0.4) is 0 Å². The number of anilines is 1. The SMILES string of the molecule is CC(C)n1cc(Br)c(C(=O)Nc2ncccc2Cl)n1. The van der Waals surface area contributed by atoms with Crippen LogP contribution < -0.4 is 5.32 Å². The van der Waals surface area contributed by atoms with Crippen LogP contribution in [0.1, 0.15) is 30.4 Å². The van der Waals surface area contributed by atoms with Crippen molar-refractivity contribution in [2.45, 2.75) is 19.9 Å². The van der Waals surface area contributed by atoms with Gasteiger partial charge in [0.05, 0.1) is 9.50 Å². The number of rotatable bonds is 3. The fourth-order valence-corrected chi connectivity index (χ4v) is 2.07. The molecule has 0 bridgehead atoms. The highest BCUT2D eigenvalue weighted by Crippen LogP contribution is 2.21. The molecule has 5 nitrogen and oxygen atoms in total. The topological polar surface area (TPSA) is 59.8 Å². The van der Waals surface area contributed by atoms with E-state index in [1.54, 1.807) is 29.2 Å². The number of halogens is 2. The van der Waals surface area contributed by atoms with E-state index in [2.05, 4.69) is 31.3 Å². The van der Waals surface area contributed by atoms with Crippen LogP contribution in [-0.2, 0) is 0 Å². The molecule has 0 unspecified atom stereocenters. The molecule has 7 heteroatoms. The molecule has 0 spiro atoms. The third-order valence-corrected chi connectivity index (χ3v) is 3.31. The molecule has 0 aromatic carbocycles. The summed E-state index contributed by atoms with van der Waals surface area (Å²) < 4.78 is 2.34. The van der Waals surface area contributed by atoms with Gasteiger partial charge in [-0.05, 0) is 41.9 Å². The Morgan fingerprint density at radius 2 is 2.26 bits per heavy atom. The van der Waals surface area contributed by atoms with Gasteiger partial charge in [0.15, 0.2) is 11.5 Å². The van der Waals surface area contributed by atoms with E-state index in [1.165, 1.54) is 0 Å². The largest absolute Gasteiger partial charge is 0.304 e. The molecule has 0 fully saturated rings. The van der Waals surface area contributed by atoms with Crippen LogP contribution in [0.2, 0.25) is 5.02 Å². The Bertz CT molecular complexity index is 612. The molecule has 1 N–H and O–H groups in total. The van der Waals surface area contributed by atoms with Gasteiger partial charge in [-0.25, -0.2) is 4.98 Å². The number of hydrogen-bond donors (Lipinski definition) is 1. The van der Waals surface area contributed by atoms with E-state index >= 15 is 0 Å². The minimum Gasteiger partial charge on any atom is -0.304 e. The summed E-state index contributed by atoms with van der Waals surface area (Å²) in [4.78, 5) is 16.1. The summed E-state index contributed by atoms with van der Waals surface area (Å²) in [5.74, 6) is -0.0351. The maximum atomic E-state index is 12.1. The van der Waals surface area contributed by atoms with Gasteiger partial charge in [0, 0.05) is 18.4 Å². The Hall–Kier alpha value is -1.40. The van der Waals surface area contributed by atoms with Gasteiger partial charge in [-0.3, -0.25) is 9.48 Å². The lowest BCUT2D eigenvalue weighted by molar-refractivity contribution is 0.102. The van der Waals surface area contributed by atoms with Gasteiger partial charge in [0.1, 0.15) is 0 Å². The Labute approximate surface area is 124 Å². The Kier molecular flexibility index (Phi) is 4.21. The maximum Gasteiger partial charge on any atom is 0.278 e. The van der Waals surface area contributed by atoms with Gasteiger partial charge in [-0.2, -0.15) is 5.10 Å². The lowest BCUT2D eigenvalue weighted by atomic mass is 10.4. The molecular weight excluding hydrogens is 332 g/mol. The molecule has 100 valence electrons. The molecule has 2 heterocycles. The average molecular weight is 344 g/mol. The van der Waals surface area contributed by atoms with Crippen molar-refractivity contribution in [1.82, 2.24) is 14.8 Å². The summed E-state index contributed by atoms with van der Waals surface area (Å²) >= 11 is 9.26. The molecular formula is C12H12BrClN4O. The Morgan fingerprint density at radius 1 is 1.53 bits per heavy atom. The minimum atomic E-state index is -0.355. The molecule has 0 saturated heterocycles. The molecule has 19 heavy (non-hydrogen) atoms. The van der Waals surface area contributed by atoms with Crippen molar-refractivity contribution in [2.24, 2.45) is 0 Å². The number of hydrogen-bond acceptors (Lipinski definition) is 3. The quantitative estimate of drug-likeness (QED) is 0.927. The molecule has 0 saturated carbocycles. The van der Waals surface area contributed by atoms with E-state index in [4.69, 9.17) is 11.6 Å². The van der Waals surface area contributed by atoms with E-state index in [0.29, 0.717) is 21.0 Å². The number of aromatic nitrogens is 3. The van der Waals surface area contributed by atoms with Crippen LogP contribution in [0, 0.1) is 0 Å². The number of carbonyl (C=O) groups excluding carboxylic acids is 1. The zero-order valence-electron chi connectivity index (χ0n) is 10.4. The fourth-order valence-electron chi connectivity index (χ4n) is 1.43. The summed E-state index contributed by atoms with van der Waals surface area (Å²) in [7, 11) is 0. The Morgan fingerprint density at radius 3 is 2.84 bits per heavy atom. The van der Waals surface area contributed by atoms with Crippen LogP contribution in [0.5, 0.6) is 0 Å². The molecule has 0 aliphatic carbocycles. The monoisotopic (exact) mass is 342 g/mol. The van der Waals surface area contributed by atoms with Crippen LogP contribution >= 0.6 is 27.5 Å². The molecule has 2 aromatic rings. The number of nitrogens with zero attached hydrogens (tertiary/aromatic N) is 3. The molecule has 0 aliphatic rings. The summed E-state index contributed by atoms with van der Waals surface area (Å²) in [5, 5.41) is 7.24. The summed E-state index contributed by atoms with van der Waals surface area (Å²) in [6.45, 7) is 3.97. The maximum absolute atomic E-state index is 12.1. The van der Waals surface area contributed by atoms with Crippen molar-refractivity contribution < 1.29 is 4.79 Å². The van der Waals surface area contributed by atoms with E-state index < -0.39 is 0 Å². The second kappa shape index (κ2) is 5.71. The predicted octanol–water partition coefficient (Wildman–Crippen LogP) is 3.53. The highest BCUT2D eigenvalue weighted by molar-refractivity contribution is 9.10. The molecule has 0 radical (unpaired) electrons. The van der Waals surface area contributed by atoms with E-state index in [-0.39, 0.29) is 11.9 Å². The zero-order chi connectivity index (χ0) is 14.0. The van der Waals surface area contributed by atoms with Crippen molar-refractivity contribution in [3.05, 3.63) is 39.7 Å². The summed E-state index contributed by atoms with van der Waals surface area (Å²) in [6.07, 6.45) is 3.32. The van der Waals surface area contributed by atoms with E-state index in [9.17, 15) is 4.79 Å². The lowest BCUT2D eigenvalue weighted by Gasteiger charge is -2.05. The molecule has 2 aromatic heterocycles. The molecule has 0 atom stereocenters. The van der Waals surface area contributed by atoms with Gasteiger partial charge in [0.25, 0.3) is 5.91 Å². The third kappa shape index (κ3) is 3.13. The first-order chi connectivity index (χ1) is 8.99. The third-order valence-electron chi connectivity index (χ3n) is 2.42.